The molecular formula is C30H36F2N4O2. The smallest absolute Gasteiger partial charge is 0.248 e. The molecule has 8 heteroatoms. The molecule has 0 aliphatic heterocycles. The topological polar surface area (TPSA) is 83.1 Å². The third kappa shape index (κ3) is 9.34. The van der Waals surface area contributed by atoms with Gasteiger partial charge in [-0.25, -0.2) is 13.8 Å². The zero-order valence-corrected chi connectivity index (χ0v) is 22.1. The highest BCUT2D eigenvalue weighted by atomic mass is 19.1. The number of benzene rings is 2. The molecule has 0 aliphatic rings. The van der Waals surface area contributed by atoms with Crippen molar-refractivity contribution in [3.8, 4) is 0 Å². The first kappa shape index (κ1) is 28.9. The summed E-state index contributed by atoms with van der Waals surface area (Å²) in [6.07, 6.45) is 4.37. The number of nitrogens with zero attached hydrogens (tertiary/aromatic N) is 1. The number of carbonyl (C=O) groups excluding carboxylic acids is 2. The van der Waals surface area contributed by atoms with Gasteiger partial charge in [0, 0.05) is 24.3 Å². The van der Waals surface area contributed by atoms with E-state index >= 15 is 0 Å². The molecule has 202 valence electrons. The van der Waals surface area contributed by atoms with Crippen LogP contribution in [-0.2, 0) is 22.4 Å². The Balaban J connectivity index is 1.48. The molecule has 0 saturated carbocycles. The Kier molecular flexibility index (Phi) is 10.9. The van der Waals surface area contributed by atoms with E-state index in [9.17, 15) is 18.4 Å². The molecule has 3 aromatic rings. The van der Waals surface area contributed by atoms with Crippen LogP contribution in [0.3, 0.4) is 0 Å². The molecule has 1 aromatic heterocycles. The number of aryl methyl sites for hydroxylation is 1. The number of anilines is 1. The lowest BCUT2D eigenvalue weighted by Gasteiger charge is -2.20. The molecule has 0 radical (unpaired) electrons. The van der Waals surface area contributed by atoms with Crippen molar-refractivity contribution in [3.05, 3.63) is 95.2 Å². The summed E-state index contributed by atoms with van der Waals surface area (Å²) in [5.41, 5.74) is 2.51. The second-order valence-corrected chi connectivity index (χ2v) is 9.64. The van der Waals surface area contributed by atoms with E-state index < -0.39 is 29.5 Å². The molecule has 0 saturated heterocycles. The van der Waals surface area contributed by atoms with Crippen LogP contribution in [0.4, 0.5) is 14.6 Å². The van der Waals surface area contributed by atoms with Crippen molar-refractivity contribution in [2.45, 2.75) is 71.0 Å². The highest BCUT2D eigenvalue weighted by molar-refractivity contribution is 5.96. The van der Waals surface area contributed by atoms with E-state index in [1.165, 1.54) is 5.56 Å². The fourth-order valence-corrected chi connectivity index (χ4v) is 4.29. The Morgan fingerprint density at radius 1 is 0.921 bits per heavy atom. The van der Waals surface area contributed by atoms with E-state index in [1.807, 2.05) is 31.2 Å². The maximum absolute atomic E-state index is 13.4. The Morgan fingerprint density at radius 2 is 1.63 bits per heavy atom. The number of halogens is 2. The fraction of sp³-hybridized carbons (Fsp3) is 0.367. The molecule has 3 atom stereocenters. The molecule has 3 N–H and O–H groups in total. The van der Waals surface area contributed by atoms with E-state index in [2.05, 4.69) is 46.9 Å². The number of hydrogen-bond donors (Lipinski definition) is 3. The number of carbonyl (C=O) groups is 2. The molecule has 0 bridgehead atoms. The van der Waals surface area contributed by atoms with Crippen LogP contribution in [-0.4, -0.2) is 28.9 Å². The van der Waals surface area contributed by atoms with Gasteiger partial charge in [0.25, 0.3) is 0 Å². The van der Waals surface area contributed by atoms with Crippen molar-refractivity contribution < 1.29 is 18.4 Å². The Morgan fingerprint density at radius 3 is 2.26 bits per heavy atom. The Bertz CT molecular complexity index is 1170. The summed E-state index contributed by atoms with van der Waals surface area (Å²) >= 11 is 0. The molecule has 38 heavy (non-hydrogen) atoms. The summed E-state index contributed by atoms with van der Waals surface area (Å²) in [5.74, 6) is -1.99. The zero-order chi connectivity index (χ0) is 27.5. The summed E-state index contributed by atoms with van der Waals surface area (Å²) in [7, 11) is 0. The quantitative estimate of drug-likeness (QED) is 0.277. The number of nitrogens with one attached hydrogen (secondary N) is 3. The van der Waals surface area contributed by atoms with Gasteiger partial charge in [-0.05, 0) is 68.0 Å². The van der Waals surface area contributed by atoms with Crippen molar-refractivity contribution in [1.29, 1.82) is 0 Å². The van der Waals surface area contributed by atoms with Crippen molar-refractivity contribution >= 4 is 17.6 Å². The molecule has 1 heterocycles. The molecule has 6 nitrogen and oxygen atoms in total. The average molecular weight is 523 g/mol. The van der Waals surface area contributed by atoms with Gasteiger partial charge in [-0.1, -0.05) is 49.7 Å². The first-order valence-corrected chi connectivity index (χ1v) is 13.0. The molecule has 3 rings (SSSR count). The van der Waals surface area contributed by atoms with Gasteiger partial charge in [-0.2, -0.15) is 0 Å². The minimum Gasteiger partial charge on any atom is -0.344 e. The molecule has 0 aliphatic carbocycles. The SMILES string of the molecule is CCCC(NC(=O)Cc1cc(F)cc(F)c1)C(=O)Nc1ccc(CCC(C)N[C@H](C)c2ccccc2)cn1. The fourth-order valence-electron chi connectivity index (χ4n) is 4.29. The third-order valence-electron chi connectivity index (χ3n) is 6.29. The zero-order valence-electron chi connectivity index (χ0n) is 22.1. The van der Waals surface area contributed by atoms with Crippen LogP contribution in [0.15, 0.2) is 66.9 Å². The third-order valence-corrected chi connectivity index (χ3v) is 6.29. The van der Waals surface area contributed by atoms with Crippen molar-refractivity contribution in [2.24, 2.45) is 0 Å². The predicted octanol–water partition coefficient (Wildman–Crippen LogP) is 5.50. The first-order valence-electron chi connectivity index (χ1n) is 13.0. The molecule has 0 spiro atoms. The Labute approximate surface area is 223 Å². The molecule has 2 amide bonds. The van der Waals surface area contributed by atoms with Gasteiger partial charge in [0.05, 0.1) is 6.42 Å². The van der Waals surface area contributed by atoms with Gasteiger partial charge >= 0.3 is 0 Å². The summed E-state index contributed by atoms with van der Waals surface area (Å²) in [6.45, 7) is 6.21. The lowest BCUT2D eigenvalue weighted by Crippen LogP contribution is -2.44. The van der Waals surface area contributed by atoms with Gasteiger partial charge in [0.1, 0.15) is 23.5 Å². The predicted molar refractivity (Wildman–Crippen MR) is 146 cm³/mol. The lowest BCUT2D eigenvalue weighted by molar-refractivity contribution is -0.126. The van der Waals surface area contributed by atoms with Crippen LogP contribution < -0.4 is 16.0 Å². The van der Waals surface area contributed by atoms with E-state index in [-0.39, 0.29) is 18.0 Å². The summed E-state index contributed by atoms with van der Waals surface area (Å²) in [4.78, 5) is 29.6. The molecular weight excluding hydrogens is 486 g/mol. The first-order chi connectivity index (χ1) is 18.2. The highest BCUT2D eigenvalue weighted by Gasteiger charge is 2.21. The average Bonchev–Trinajstić information content (AvgIpc) is 2.88. The van der Waals surface area contributed by atoms with Crippen molar-refractivity contribution in [3.63, 3.8) is 0 Å². The second kappa shape index (κ2) is 14.3. The molecule has 0 fully saturated rings. The van der Waals surface area contributed by atoms with E-state index in [4.69, 9.17) is 0 Å². The lowest BCUT2D eigenvalue weighted by atomic mass is 10.0. The van der Waals surface area contributed by atoms with Gasteiger partial charge in [-0.3, -0.25) is 9.59 Å². The van der Waals surface area contributed by atoms with E-state index in [1.54, 1.807) is 12.3 Å². The van der Waals surface area contributed by atoms with Crippen molar-refractivity contribution in [2.75, 3.05) is 5.32 Å². The summed E-state index contributed by atoms with van der Waals surface area (Å²) in [5, 5.41) is 9.04. The van der Waals surface area contributed by atoms with Crippen LogP contribution in [0.5, 0.6) is 0 Å². The molecule has 2 unspecified atom stereocenters. The number of amides is 2. The maximum atomic E-state index is 13.4. The summed E-state index contributed by atoms with van der Waals surface area (Å²) in [6, 6.07) is 16.7. The van der Waals surface area contributed by atoms with Gasteiger partial charge in [-0.15, -0.1) is 0 Å². The van der Waals surface area contributed by atoms with Gasteiger partial charge in [0.2, 0.25) is 11.8 Å². The number of rotatable bonds is 13. The maximum Gasteiger partial charge on any atom is 0.248 e. The molecule has 2 aromatic carbocycles. The second-order valence-electron chi connectivity index (χ2n) is 9.64. The number of hydrogen-bond acceptors (Lipinski definition) is 4. The van der Waals surface area contributed by atoms with Crippen LogP contribution in [0.25, 0.3) is 0 Å². The van der Waals surface area contributed by atoms with Gasteiger partial charge in [0.15, 0.2) is 0 Å². The van der Waals surface area contributed by atoms with Crippen LogP contribution >= 0.6 is 0 Å². The minimum atomic E-state index is -0.786. The van der Waals surface area contributed by atoms with Crippen LogP contribution in [0.2, 0.25) is 0 Å². The van der Waals surface area contributed by atoms with Crippen LogP contribution in [0.1, 0.15) is 62.8 Å². The van der Waals surface area contributed by atoms with E-state index in [0.29, 0.717) is 24.7 Å². The van der Waals surface area contributed by atoms with Crippen LogP contribution in [0, 0.1) is 11.6 Å². The Hall–Kier alpha value is -3.65. The summed E-state index contributed by atoms with van der Waals surface area (Å²) < 4.78 is 26.8. The van der Waals surface area contributed by atoms with Gasteiger partial charge < -0.3 is 16.0 Å². The van der Waals surface area contributed by atoms with E-state index in [0.717, 1.165) is 36.6 Å². The number of aromatic nitrogens is 1. The highest BCUT2D eigenvalue weighted by Crippen LogP contribution is 2.15. The van der Waals surface area contributed by atoms with Crippen molar-refractivity contribution in [1.82, 2.24) is 15.6 Å². The monoisotopic (exact) mass is 522 g/mol. The standard InChI is InChI=1S/C30H36F2N4O2/c1-4-8-27(35-29(37)17-23-15-25(31)18-26(32)16-23)30(38)36-28-14-13-22(19-33-28)12-11-20(2)34-21(3)24-9-6-5-7-10-24/h5-7,9-10,13-16,18-21,27,34H,4,8,11-12,17H2,1-3H3,(H,35,37)(H,33,36,38)/t20?,21-,27?/m1/s1. The minimum absolute atomic E-state index is 0.201. The number of pyridine rings is 1. The normalized spacial score (nSPS) is 13.4. The largest absolute Gasteiger partial charge is 0.344 e.